The van der Waals surface area contributed by atoms with Gasteiger partial charge in [-0.05, 0) is 63.6 Å². The third-order valence-electron chi connectivity index (χ3n) is 4.81. The van der Waals surface area contributed by atoms with E-state index in [1.165, 1.54) is 18.2 Å². The van der Waals surface area contributed by atoms with Gasteiger partial charge in [-0.3, -0.25) is 23.7 Å². The largest absolute Gasteiger partial charge is 0.460 e. The average molecular weight is 474 g/mol. The van der Waals surface area contributed by atoms with Gasteiger partial charge in [-0.2, -0.15) is 8.42 Å². The lowest BCUT2D eigenvalue weighted by molar-refractivity contribution is -0.154. The van der Waals surface area contributed by atoms with E-state index in [0.717, 1.165) is 18.2 Å². The Labute approximate surface area is 190 Å². The van der Waals surface area contributed by atoms with Gasteiger partial charge in [-0.1, -0.05) is 0 Å². The van der Waals surface area contributed by atoms with E-state index < -0.39 is 38.1 Å². The quantitative estimate of drug-likeness (QED) is 0.316. The van der Waals surface area contributed by atoms with Gasteiger partial charge in [0.2, 0.25) is 0 Å². The van der Waals surface area contributed by atoms with E-state index in [-0.39, 0.29) is 46.8 Å². The highest BCUT2D eigenvalue weighted by atomic mass is 32.2. The number of esters is 1. The molecule has 9 nitrogen and oxygen atoms in total. The van der Waals surface area contributed by atoms with Crippen molar-refractivity contribution in [3.63, 3.8) is 0 Å². The Morgan fingerprint density at radius 3 is 2.09 bits per heavy atom. The molecule has 0 aliphatic heterocycles. The van der Waals surface area contributed by atoms with Gasteiger partial charge in [0, 0.05) is 40.8 Å². The van der Waals surface area contributed by atoms with Gasteiger partial charge in [0.15, 0.2) is 11.6 Å². The maximum atomic E-state index is 12.9. The van der Waals surface area contributed by atoms with Crippen LogP contribution in [0.1, 0.15) is 75.8 Å². The van der Waals surface area contributed by atoms with E-state index in [1.807, 2.05) is 0 Å². The van der Waals surface area contributed by atoms with Crippen LogP contribution in [0.15, 0.2) is 41.3 Å². The van der Waals surface area contributed by atoms with Gasteiger partial charge < -0.3 is 10.1 Å². The zero-order valence-electron chi connectivity index (χ0n) is 18.3. The summed E-state index contributed by atoms with van der Waals surface area (Å²) in [4.78, 5) is 49.4. The molecule has 2 aromatic rings. The summed E-state index contributed by atoms with van der Waals surface area (Å²) < 4.78 is 37.1. The van der Waals surface area contributed by atoms with E-state index >= 15 is 0 Å². The average Bonchev–Trinajstić information content (AvgIpc) is 2.72. The first-order valence-electron chi connectivity index (χ1n) is 10.1. The second-order valence-corrected chi connectivity index (χ2v) is 9.97. The van der Waals surface area contributed by atoms with Crippen LogP contribution in [0.3, 0.4) is 0 Å². The van der Waals surface area contributed by atoms with Crippen LogP contribution in [0.4, 0.5) is 0 Å². The Morgan fingerprint density at radius 2 is 1.52 bits per heavy atom. The Kier molecular flexibility index (Phi) is 6.53. The Hall–Kier alpha value is -3.37. The molecular weight excluding hydrogens is 450 g/mol. The minimum Gasteiger partial charge on any atom is -0.460 e. The van der Waals surface area contributed by atoms with Gasteiger partial charge in [0.05, 0.1) is 4.90 Å². The van der Waals surface area contributed by atoms with Crippen LogP contribution in [-0.4, -0.2) is 48.6 Å². The molecule has 0 saturated carbocycles. The fourth-order valence-electron chi connectivity index (χ4n) is 3.36. The predicted molar refractivity (Wildman–Crippen MR) is 117 cm³/mol. The number of rotatable bonds is 6. The fraction of sp³-hybridized carbons (Fsp3) is 0.304. The number of nitrogens with one attached hydrogen (secondary N) is 1. The number of fused-ring (bicyclic) bond motifs is 2. The summed E-state index contributed by atoms with van der Waals surface area (Å²) in [7, 11) is -4.54. The summed E-state index contributed by atoms with van der Waals surface area (Å²) in [6, 6.07) is 7.16. The highest BCUT2D eigenvalue weighted by Gasteiger charge is 2.31. The van der Waals surface area contributed by atoms with Crippen molar-refractivity contribution in [2.75, 3.05) is 6.54 Å². The second-order valence-electron chi connectivity index (χ2n) is 8.55. The van der Waals surface area contributed by atoms with Crippen molar-refractivity contribution in [3.8, 4) is 0 Å². The van der Waals surface area contributed by atoms with Crippen molar-refractivity contribution in [2.45, 2.75) is 44.1 Å². The molecular formula is C23H23NO8S. The van der Waals surface area contributed by atoms with Crippen molar-refractivity contribution in [1.29, 1.82) is 0 Å². The minimum atomic E-state index is -4.54. The van der Waals surface area contributed by atoms with E-state index in [0.29, 0.717) is 6.42 Å². The number of hydrogen-bond acceptors (Lipinski definition) is 7. The second kappa shape index (κ2) is 8.87. The molecule has 0 saturated heterocycles. The monoisotopic (exact) mass is 473 g/mol. The minimum absolute atomic E-state index is 0.0187. The van der Waals surface area contributed by atoms with Gasteiger partial charge in [-0.15, -0.1) is 0 Å². The molecule has 1 aliphatic rings. The van der Waals surface area contributed by atoms with E-state index in [2.05, 4.69) is 5.32 Å². The smallest absolute Gasteiger partial charge is 0.306 e. The van der Waals surface area contributed by atoms with Crippen LogP contribution < -0.4 is 5.32 Å². The lowest BCUT2D eigenvalue weighted by Gasteiger charge is -2.19. The number of ketones is 2. The third-order valence-corrected chi connectivity index (χ3v) is 5.66. The fourth-order valence-corrected chi connectivity index (χ4v) is 3.87. The highest BCUT2D eigenvalue weighted by molar-refractivity contribution is 7.85. The number of amides is 1. The lowest BCUT2D eigenvalue weighted by atomic mass is 9.83. The summed E-state index contributed by atoms with van der Waals surface area (Å²) in [5.74, 6) is -1.98. The molecule has 2 aromatic carbocycles. The molecule has 0 radical (unpaired) electrons. The predicted octanol–water partition coefficient (Wildman–Crippen LogP) is 2.56. The van der Waals surface area contributed by atoms with Crippen molar-refractivity contribution in [2.24, 2.45) is 0 Å². The SMILES string of the molecule is CC(C)(C)OC(=O)CCCNC(=O)c1ccc2c(c1)C(=O)c1ccc(S(=O)(=O)O)cc1C2=O. The Bertz CT molecular complexity index is 1270. The normalized spacial score (nSPS) is 13.2. The molecule has 0 atom stereocenters. The summed E-state index contributed by atoms with van der Waals surface area (Å²) in [6.07, 6.45) is 0.504. The standard InChI is InChI=1S/C23H23NO8S/c1-23(2,3)32-19(25)5-4-10-24-22(28)13-6-8-15-17(11-13)20(26)16-9-7-14(33(29,30)31)12-18(16)21(15)27/h6-9,11-12H,4-5,10H2,1-3H3,(H,24,28)(H,29,30,31). The topological polar surface area (TPSA) is 144 Å². The summed E-state index contributed by atoms with van der Waals surface area (Å²) in [5, 5.41) is 2.66. The molecule has 33 heavy (non-hydrogen) atoms. The molecule has 3 rings (SSSR count). The molecule has 0 heterocycles. The molecule has 0 bridgehead atoms. The summed E-state index contributed by atoms with van der Waals surface area (Å²) in [6.45, 7) is 5.51. The van der Waals surface area contributed by atoms with Crippen molar-refractivity contribution < 1.29 is 36.9 Å². The van der Waals surface area contributed by atoms with Gasteiger partial charge in [0.1, 0.15) is 5.60 Å². The summed E-state index contributed by atoms with van der Waals surface area (Å²) in [5.41, 5.74) is -0.531. The molecule has 2 N–H and O–H groups in total. The van der Waals surface area contributed by atoms with Crippen molar-refractivity contribution >= 4 is 33.6 Å². The first-order valence-corrected chi connectivity index (χ1v) is 11.6. The Balaban J connectivity index is 1.72. The molecule has 0 fully saturated rings. The third kappa shape index (κ3) is 5.52. The van der Waals surface area contributed by atoms with E-state index in [9.17, 15) is 32.1 Å². The van der Waals surface area contributed by atoms with Crippen LogP contribution in [-0.2, 0) is 19.6 Å². The van der Waals surface area contributed by atoms with Crippen LogP contribution in [0.5, 0.6) is 0 Å². The molecule has 0 spiro atoms. The van der Waals surface area contributed by atoms with Crippen LogP contribution in [0.25, 0.3) is 0 Å². The molecule has 10 heteroatoms. The van der Waals surface area contributed by atoms with Crippen LogP contribution in [0.2, 0.25) is 0 Å². The number of benzene rings is 2. The number of ether oxygens (including phenoxy) is 1. The molecule has 1 aliphatic carbocycles. The zero-order valence-corrected chi connectivity index (χ0v) is 19.1. The molecule has 0 unspecified atom stereocenters. The van der Waals surface area contributed by atoms with Crippen molar-refractivity contribution in [1.82, 2.24) is 5.32 Å². The first kappa shape index (κ1) is 24.3. The van der Waals surface area contributed by atoms with Gasteiger partial charge in [-0.25, -0.2) is 0 Å². The molecule has 174 valence electrons. The van der Waals surface area contributed by atoms with Gasteiger partial charge in [0.25, 0.3) is 16.0 Å². The first-order chi connectivity index (χ1) is 15.3. The van der Waals surface area contributed by atoms with E-state index in [4.69, 9.17) is 4.74 Å². The summed E-state index contributed by atoms with van der Waals surface area (Å²) >= 11 is 0. The van der Waals surface area contributed by atoms with E-state index in [1.54, 1.807) is 20.8 Å². The number of carbonyl (C=O) groups excluding carboxylic acids is 4. The maximum absolute atomic E-state index is 12.9. The van der Waals surface area contributed by atoms with Crippen molar-refractivity contribution in [3.05, 3.63) is 64.2 Å². The zero-order chi connectivity index (χ0) is 24.6. The van der Waals surface area contributed by atoms with Crippen LogP contribution in [0, 0.1) is 0 Å². The molecule has 0 aromatic heterocycles. The highest BCUT2D eigenvalue weighted by Crippen LogP contribution is 2.29. The van der Waals surface area contributed by atoms with Crippen LogP contribution >= 0.6 is 0 Å². The lowest BCUT2D eigenvalue weighted by Crippen LogP contribution is -2.28. The van der Waals surface area contributed by atoms with Gasteiger partial charge >= 0.3 is 5.97 Å². The number of carbonyl (C=O) groups is 4. The Morgan fingerprint density at radius 1 is 0.939 bits per heavy atom. The molecule has 1 amide bonds. The maximum Gasteiger partial charge on any atom is 0.306 e. The number of hydrogen-bond donors (Lipinski definition) is 2.